The first kappa shape index (κ1) is 18.5. The molecule has 0 aliphatic heterocycles. The molecule has 0 saturated carbocycles. The van der Waals surface area contributed by atoms with Crippen LogP contribution in [-0.4, -0.2) is 32.4 Å². The maximum atomic E-state index is 11.9. The third-order valence-electron chi connectivity index (χ3n) is 3.17. The van der Waals surface area contributed by atoms with Gasteiger partial charge in [-0.05, 0) is 16.0 Å². The van der Waals surface area contributed by atoms with Crippen LogP contribution in [0, 0.1) is 10.1 Å². The van der Waals surface area contributed by atoms with Crippen LogP contribution < -0.4 is 16.6 Å². The predicted octanol–water partition coefficient (Wildman–Crippen LogP) is -1.28. The molecule has 2 heterocycles. The standard InChI is InChI=1S/C11H15N7O6S/c1-2-9-15-10(18(20)21)7(5-24-25(13,22)23)17(9)6-16-4-3-8(12)14-11(16)19/h3-4H,2,5-6H2,1H3,(H2,12,14,19)(H2,13,22,23). The molecule has 2 aromatic heterocycles. The summed E-state index contributed by atoms with van der Waals surface area (Å²) in [4.78, 5) is 29.7. The Balaban J connectivity index is 2.53. The van der Waals surface area contributed by atoms with Gasteiger partial charge in [-0.25, -0.2) is 9.93 Å². The molecule has 136 valence electrons. The average Bonchev–Trinajstić information content (AvgIpc) is 2.85. The fourth-order valence-corrected chi connectivity index (χ4v) is 2.37. The number of imidazole rings is 1. The van der Waals surface area contributed by atoms with E-state index in [2.05, 4.69) is 14.2 Å². The number of hydrogen-bond acceptors (Lipinski definition) is 9. The number of nitrogens with two attached hydrogens (primary N) is 2. The molecule has 14 heteroatoms. The Morgan fingerprint density at radius 2 is 2.08 bits per heavy atom. The van der Waals surface area contributed by atoms with Crippen molar-refractivity contribution < 1.29 is 17.5 Å². The van der Waals surface area contributed by atoms with Crippen LogP contribution in [0.2, 0.25) is 0 Å². The van der Waals surface area contributed by atoms with Gasteiger partial charge in [-0.3, -0.25) is 13.3 Å². The summed E-state index contributed by atoms with van der Waals surface area (Å²) in [5.41, 5.74) is 4.58. The lowest BCUT2D eigenvalue weighted by Crippen LogP contribution is -2.28. The summed E-state index contributed by atoms with van der Waals surface area (Å²) in [5, 5.41) is 16.0. The molecule has 4 N–H and O–H groups in total. The van der Waals surface area contributed by atoms with Crippen LogP contribution in [0.5, 0.6) is 0 Å². The number of rotatable bonds is 7. The molecule has 0 radical (unpaired) electrons. The van der Waals surface area contributed by atoms with Gasteiger partial charge in [0, 0.05) is 12.6 Å². The first-order chi connectivity index (χ1) is 11.6. The summed E-state index contributed by atoms with van der Waals surface area (Å²) in [6.45, 7) is 0.787. The number of anilines is 1. The van der Waals surface area contributed by atoms with Crippen LogP contribution in [0.15, 0.2) is 17.1 Å². The van der Waals surface area contributed by atoms with E-state index >= 15 is 0 Å². The molecule has 0 aromatic carbocycles. The van der Waals surface area contributed by atoms with Crippen LogP contribution in [0.1, 0.15) is 18.4 Å². The predicted molar refractivity (Wildman–Crippen MR) is 84.5 cm³/mol. The minimum atomic E-state index is -4.33. The quantitative estimate of drug-likeness (QED) is 0.439. The van der Waals surface area contributed by atoms with Crippen molar-refractivity contribution in [2.45, 2.75) is 26.6 Å². The van der Waals surface area contributed by atoms with E-state index in [9.17, 15) is 23.3 Å². The Bertz CT molecular complexity index is 964. The van der Waals surface area contributed by atoms with Gasteiger partial charge in [0.1, 0.15) is 24.8 Å². The lowest BCUT2D eigenvalue weighted by Gasteiger charge is -2.10. The normalized spacial score (nSPS) is 11.6. The fraction of sp³-hybridized carbons (Fsp3) is 0.364. The van der Waals surface area contributed by atoms with Crippen LogP contribution in [0.3, 0.4) is 0 Å². The highest BCUT2D eigenvalue weighted by molar-refractivity contribution is 7.84. The molecule has 0 atom stereocenters. The SMILES string of the molecule is CCc1nc([N+](=O)[O-])c(COS(N)(=O)=O)n1Cn1ccc(N)nc1=O. The molecular weight excluding hydrogens is 358 g/mol. The zero-order chi connectivity index (χ0) is 18.8. The molecule has 0 fully saturated rings. The second kappa shape index (κ2) is 6.96. The van der Waals surface area contributed by atoms with Gasteiger partial charge in [0.25, 0.3) is 0 Å². The number of nitro groups is 1. The topological polar surface area (TPSA) is 191 Å². The summed E-state index contributed by atoms with van der Waals surface area (Å²) in [6, 6.07) is 1.37. The number of hydrogen-bond donors (Lipinski definition) is 2. The maximum Gasteiger partial charge on any atom is 0.387 e. The minimum Gasteiger partial charge on any atom is -0.383 e. The molecule has 0 bridgehead atoms. The van der Waals surface area contributed by atoms with E-state index in [1.165, 1.54) is 16.8 Å². The van der Waals surface area contributed by atoms with Gasteiger partial charge in [0.15, 0.2) is 0 Å². The highest BCUT2D eigenvalue weighted by Gasteiger charge is 2.28. The molecule has 0 saturated heterocycles. The van der Waals surface area contributed by atoms with Gasteiger partial charge in [-0.15, -0.1) is 0 Å². The summed E-state index contributed by atoms with van der Waals surface area (Å²) in [6.07, 6.45) is 1.63. The van der Waals surface area contributed by atoms with Crippen molar-refractivity contribution in [2.24, 2.45) is 5.14 Å². The third-order valence-corrected chi connectivity index (χ3v) is 3.62. The largest absolute Gasteiger partial charge is 0.387 e. The second-order valence-electron chi connectivity index (χ2n) is 4.84. The molecule has 13 nitrogen and oxygen atoms in total. The van der Waals surface area contributed by atoms with E-state index in [1.807, 2.05) is 0 Å². The molecule has 2 rings (SSSR count). The van der Waals surface area contributed by atoms with E-state index < -0.39 is 33.3 Å². The van der Waals surface area contributed by atoms with Gasteiger partial charge < -0.3 is 15.8 Å². The Hall–Kier alpha value is -2.84. The van der Waals surface area contributed by atoms with Crippen molar-refractivity contribution in [1.82, 2.24) is 19.1 Å². The average molecular weight is 373 g/mol. The molecule has 0 aliphatic rings. The molecule has 0 amide bonds. The van der Waals surface area contributed by atoms with Crippen LogP contribution in [0.25, 0.3) is 0 Å². The monoisotopic (exact) mass is 373 g/mol. The van der Waals surface area contributed by atoms with Gasteiger partial charge in [0.05, 0.1) is 0 Å². The van der Waals surface area contributed by atoms with Crippen molar-refractivity contribution in [2.75, 3.05) is 5.73 Å². The Morgan fingerprint density at radius 1 is 1.40 bits per heavy atom. The van der Waals surface area contributed by atoms with Crippen LogP contribution in [0.4, 0.5) is 11.6 Å². The molecule has 0 spiro atoms. The highest BCUT2D eigenvalue weighted by Crippen LogP contribution is 2.21. The zero-order valence-corrected chi connectivity index (χ0v) is 13.8. The van der Waals surface area contributed by atoms with Crippen molar-refractivity contribution in [3.05, 3.63) is 44.4 Å². The lowest BCUT2D eigenvalue weighted by molar-refractivity contribution is -0.390. The van der Waals surface area contributed by atoms with Gasteiger partial charge in [-0.2, -0.15) is 13.4 Å². The zero-order valence-electron chi connectivity index (χ0n) is 13.0. The van der Waals surface area contributed by atoms with E-state index in [0.29, 0.717) is 0 Å². The first-order valence-electron chi connectivity index (χ1n) is 6.85. The van der Waals surface area contributed by atoms with Gasteiger partial charge >= 0.3 is 21.8 Å². The second-order valence-corrected chi connectivity index (χ2v) is 6.06. The van der Waals surface area contributed by atoms with E-state index in [4.69, 9.17) is 10.9 Å². The summed E-state index contributed by atoms with van der Waals surface area (Å²) in [7, 11) is -4.33. The number of nitrogens with zero attached hydrogens (tertiary/aromatic N) is 5. The highest BCUT2D eigenvalue weighted by atomic mass is 32.2. The van der Waals surface area contributed by atoms with E-state index in [-0.39, 0.29) is 30.4 Å². The van der Waals surface area contributed by atoms with E-state index in [0.717, 1.165) is 4.57 Å². The summed E-state index contributed by atoms with van der Waals surface area (Å²) < 4.78 is 28.9. The van der Waals surface area contributed by atoms with Crippen molar-refractivity contribution in [3.63, 3.8) is 0 Å². The van der Waals surface area contributed by atoms with E-state index in [1.54, 1.807) is 6.92 Å². The lowest BCUT2D eigenvalue weighted by atomic mass is 10.4. The smallest absolute Gasteiger partial charge is 0.383 e. The molecule has 2 aromatic rings. The number of aromatic nitrogens is 4. The fourth-order valence-electron chi connectivity index (χ4n) is 2.09. The Kier molecular flexibility index (Phi) is 5.15. The Morgan fingerprint density at radius 3 is 2.60 bits per heavy atom. The Labute approximate surface area is 141 Å². The third kappa shape index (κ3) is 4.37. The molecule has 0 aliphatic carbocycles. The molecule has 25 heavy (non-hydrogen) atoms. The number of aryl methyl sites for hydroxylation is 1. The number of nitrogen functional groups attached to an aromatic ring is 1. The van der Waals surface area contributed by atoms with Crippen LogP contribution in [-0.2, 0) is 34.2 Å². The van der Waals surface area contributed by atoms with Gasteiger partial charge in [-0.1, -0.05) is 6.92 Å². The molecular formula is C11H15N7O6S. The summed E-state index contributed by atoms with van der Waals surface area (Å²) >= 11 is 0. The van der Waals surface area contributed by atoms with Crippen molar-refractivity contribution in [1.29, 1.82) is 0 Å². The first-order valence-corrected chi connectivity index (χ1v) is 8.32. The maximum absolute atomic E-state index is 11.9. The van der Waals surface area contributed by atoms with Gasteiger partial charge in [0.2, 0.25) is 5.82 Å². The van der Waals surface area contributed by atoms with Crippen molar-refractivity contribution >= 4 is 21.9 Å². The van der Waals surface area contributed by atoms with Crippen molar-refractivity contribution in [3.8, 4) is 0 Å². The van der Waals surface area contributed by atoms with Crippen LogP contribution >= 0.6 is 0 Å². The molecule has 0 unspecified atom stereocenters. The summed E-state index contributed by atoms with van der Waals surface area (Å²) in [5.74, 6) is -0.313. The minimum absolute atomic E-state index is 0.0198.